The molecule has 14 atom stereocenters. The predicted molar refractivity (Wildman–Crippen MR) is 159 cm³/mol. The molecule has 50 heavy (non-hydrogen) atoms. The molecule has 8 aliphatic rings. The van der Waals surface area contributed by atoms with Gasteiger partial charge in [-0.3, -0.25) is 28.8 Å². The third kappa shape index (κ3) is 2.92. The first-order valence-electron chi connectivity index (χ1n) is 16.7. The van der Waals surface area contributed by atoms with E-state index in [0.29, 0.717) is 12.8 Å². The number of esters is 6. The van der Waals surface area contributed by atoms with Crippen molar-refractivity contribution in [2.24, 2.45) is 44.3 Å². The summed E-state index contributed by atoms with van der Waals surface area (Å²) in [6.07, 6.45) is -2.66. The van der Waals surface area contributed by atoms with Crippen molar-refractivity contribution in [3.05, 3.63) is 0 Å². The monoisotopic (exact) mass is 708 g/mol. The molecule has 4 N–H and O–H groups in total. The summed E-state index contributed by atoms with van der Waals surface area (Å²) in [5.41, 5.74) is -14.5. The van der Waals surface area contributed by atoms with Crippen LogP contribution in [0, 0.1) is 44.3 Å². The first kappa shape index (κ1) is 35.1. The maximum Gasteiger partial charge on any atom is 0.315 e. The number of hydrogen-bond acceptors (Lipinski definition) is 16. The second kappa shape index (κ2) is 9.36. The van der Waals surface area contributed by atoms with Gasteiger partial charge in [-0.2, -0.15) is 0 Å². The third-order valence-corrected chi connectivity index (χ3v) is 16.0. The number of methoxy groups -OCH3 is 2. The van der Waals surface area contributed by atoms with Crippen molar-refractivity contribution in [3.8, 4) is 0 Å². The van der Waals surface area contributed by atoms with Crippen LogP contribution < -0.4 is 0 Å². The van der Waals surface area contributed by atoms with Gasteiger partial charge in [0.15, 0.2) is 0 Å². The van der Waals surface area contributed by atoms with E-state index in [4.69, 9.17) is 28.4 Å². The van der Waals surface area contributed by atoms with E-state index >= 15 is 0 Å². The number of fused-ring (bicyclic) bond motifs is 4. The molecule has 0 aromatic rings. The van der Waals surface area contributed by atoms with Gasteiger partial charge in [0.25, 0.3) is 0 Å². The molecule has 0 unspecified atom stereocenters. The zero-order valence-corrected chi connectivity index (χ0v) is 29.2. The molecule has 16 nitrogen and oxygen atoms in total. The lowest BCUT2D eigenvalue weighted by Gasteiger charge is -2.46. The molecule has 4 aliphatic heterocycles. The fourth-order valence-corrected chi connectivity index (χ4v) is 13.1. The first-order chi connectivity index (χ1) is 22.9. The van der Waals surface area contributed by atoms with Crippen LogP contribution in [0.3, 0.4) is 0 Å². The van der Waals surface area contributed by atoms with Crippen LogP contribution in [0.1, 0.15) is 80.1 Å². The molecule has 4 saturated carbocycles. The molecule has 0 aromatic heterocycles. The van der Waals surface area contributed by atoms with Crippen molar-refractivity contribution in [1.82, 2.24) is 0 Å². The Kier molecular flexibility index (Phi) is 6.56. The number of rotatable bonds is 2. The Labute approximate surface area is 287 Å². The minimum absolute atomic E-state index is 0.171. The maximum absolute atomic E-state index is 12.8. The molecule has 0 radical (unpaired) electrons. The highest BCUT2D eigenvalue weighted by molar-refractivity contribution is 5.93. The van der Waals surface area contributed by atoms with E-state index in [1.165, 1.54) is 28.1 Å². The number of aliphatic hydroxyl groups excluding tert-OH is 2. The summed E-state index contributed by atoms with van der Waals surface area (Å²) < 4.78 is 31.2. The van der Waals surface area contributed by atoms with E-state index in [-0.39, 0.29) is 25.7 Å². The summed E-state index contributed by atoms with van der Waals surface area (Å²) in [5.74, 6) is -6.43. The molecule has 4 heterocycles. The normalized spacial score (nSPS) is 56.1. The Morgan fingerprint density at radius 3 is 1.24 bits per heavy atom. The minimum atomic E-state index is -1.71. The standard InChI is InChI=1S/2C17H22O8/c2*1-13-5-6-17(22)15(3)12(21)24-11(20)14(15,2)9(10(19)23-4)16(13,17)7-8(18)25-13/h2*9,12,21-22H,5-7H2,1-4H3/t9-,12+,13-,14-,15+,16+,17-;9-,12-,13-,14-,15+,16+,17-/m00/s1. The Morgan fingerprint density at radius 1 is 0.620 bits per heavy atom. The topological polar surface area (TPSA) is 239 Å². The average molecular weight is 709 g/mol. The summed E-state index contributed by atoms with van der Waals surface area (Å²) in [4.78, 5) is 75.6. The maximum atomic E-state index is 12.8. The quantitative estimate of drug-likeness (QED) is 0.214. The highest BCUT2D eigenvalue weighted by atomic mass is 16.7. The zero-order valence-electron chi connectivity index (χ0n) is 29.2. The molecule has 276 valence electrons. The third-order valence-electron chi connectivity index (χ3n) is 16.0. The van der Waals surface area contributed by atoms with E-state index in [2.05, 4.69) is 0 Å². The van der Waals surface area contributed by atoms with Crippen molar-refractivity contribution < 1.29 is 77.6 Å². The molecule has 2 spiro atoms. The van der Waals surface area contributed by atoms with Crippen molar-refractivity contribution in [3.63, 3.8) is 0 Å². The summed E-state index contributed by atoms with van der Waals surface area (Å²) in [7, 11) is 2.38. The lowest BCUT2D eigenvalue weighted by molar-refractivity contribution is -0.219. The predicted octanol–water partition coefficient (Wildman–Crippen LogP) is -0.212. The molecular formula is C34H44O16. The number of aliphatic hydroxyl groups is 4. The van der Waals surface area contributed by atoms with Crippen LogP contribution in [0.15, 0.2) is 0 Å². The van der Waals surface area contributed by atoms with Crippen LogP contribution in [0.4, 0.5) is 0 Å². The number of ether oxygens (including phenoxy) is 6. The van der Waals surface area contributed by atoms with Gasteiger partial charge in [-0.1, -0.05) is 0 Å². The van der Waals surface area contributed by atoms with Gasteiger partial charge < -0.3 is 48.8 Å². The lowest BCUT2D eigenvalue weighted by atomic mass is 9.60. The molecule has 0 amide bonds. The summed E-state index contributed by atoms with van der Waals surface area (Å²) in [6, 6.07) is 0. The lowest BCUT2D eigenvalue weighted by Crippen LogP contribution is -2.59. The van der Waals surface area contributed by atoms with Crippen molar-refractivity contribution in [2.75, 3.05) is 14.2 Å². The van der Waals surface area contributed by atoms with Crippen LogP contribution in [0.5, 0.6) is 0 Å². The van der Waals surface area contributed by atoms with Crippen LogP contribution >= 0.6 is 0 Å². The van der Waals surface area contributed by atoms with Crippen LogP contribution in [-0.2, 0) is 57.2 Å². The second-order valence-corrected chi connectivity index (χ2v) is 16.7. The van der Waals surface area contributed by atoms with Gasteiger partial charge in [0, 0.05) is 0 Å². The molecular weight excluding hydrogens is 664 g/mol. The van der Waals surface area contributed by atoms with Gasteiger partial charge in [-0.25, -0.2) is 0 Å². The summed E-state index contributed by atoms with van der Waals surface area (Å²) in [5, 5.41) is 44.8. The van der Waals surface area contributed by atoms with Gasteiger partial charge in [0.05, 0.1) is 82.6 Å². The molecule has 4 saturated heterocycles. The van der Waals surface area contributed by atoms with Gasteiger partial charge in [0.2, 0.25) is 12.6 Å². The van der Waals surface area contributed by atoms with Crippen LogP contribution in [-0.4, -0.2) is 105 Å². The first-order valence-corrected chi connectivity index (χ1v) is 16.7. The molecule has 8 rings (SSSR count). The largest absolute Gasteiger partial charge is 0.469 e. The van der Waals surface area contributed by atoms with Crippen LogP contribution in [0.25, 0.3) is 0 Å². The molecule has 16 heteroatoms. The Hall–Kier alpha value is -3.34. The number of cyclic esters (lactones) is 2. The van der Waals surface area contributed by atoms with Crippen LogP contribution in [0.2, 0.25) is 0 Å². The minimum Gasteiger partial charge on any atom is -0.469 e. The summed E-state index contributed by atoms with van der Waals surface area (Å²) in [6.45, 7) is 9.45. The SMILES string of the molecule is COC(=O)[C@@H]1[C@]23CC(=O)O[C@@]2(C)CC[C@]3(O)[C@]2(C)[C@@H](O)OC(=O)[C@]12C.COC(=O)[C@@H]1[C@]23CC(=O)O[C@@]2(C)CC[C@]3(O)[C@]2(C)[C@H](O)OC(=O)[C@]12C. The summed E-state index contributed by atoms with van der Waals surface area (Å²) >= 11 is 0. The van der Waals surface area contributed by atoms with E-state index in [1.54, 1.807) is 27.7 Å². The Bertz CT molecular complexity index is 1560. The van der Waals surface area contributed by atoms with Gasteiger partial charge in [0.1, 0.15) is 11.2 Å². The fourth-order valence-electron chi connectivity index (χ4n) is 13.1. The van der Waals surface area contributed by atoms with Gasteiger partial charge in [-0.05, 0) is 67.2 Å². The number of hydrogen-bond donors (Lipinski definition) is 4. The highest BCUT2D eigenvalue weighted by Gasteiger charge is 2.96. The number of carbonyl (C=O) groups is 6. The Morgan fingerprint density at radius 2 is 0.940 bits per heavy atom. The van der Waals surface area contributed by atoms with Gasteiger partial charge >= 0.3 is 35.8 Å². The van der Waals surface area contributed by atoms with E-state index in [1.807, 2.05) is 0 Å². The molecule has 0 bridgehead atoms. The molecule has 4 aliphatic carbocycles. The average Bonchev–Trinajstić information content (AvgIpc) is 3.76. The Balaban J connectivity index is 0.000000157. The van der Waals surface area contributed by atoms with E-state index < -0.39 is 115 Å². The van der Waals surface area contributed by atoms with Crippen molar-refractivity contribution in [2.45, 2.75) is 115 Å². The fraction of sp³-hybridized carbons (Fsp3) is 0.824. The van der Waals surface area contributed by atoms with Crippen molar-refractivity contribution >= 4 is 35.8 Å². The second-order valence-electron chi connectivity index (χ2n) is 16.7. The van der Waals surface area contributed by atoms with E-state index in [9.17, 15) is 49.2 Å². The molecule has 8 fully saturated rings. The van der Waals surface area contributed by atoms with Gasteiger partial charge in [-0.15, -0.1) is 0 Å². The molecule has 0 aromatic carbocycles. The van der Waals surface area contributed by atoms with Crippen molar-refractivity contribution in [1.29, 1.82) is 0 Å². The zero-order chi connectivity index (χ0) is 37.3. The smallest absolute Gasteiger partial charge is 0.315 e. The highest BCUT2D eigenvalue weighted by Crippen LogP contribution is 2.84. The van der Waals surface area contributed by atoms with E-state index in [0.717, 1.165) is 0 Å². The number of carbonyl (C=O) groups excluding carboxylic acids is 6.